The molecule has 0 spiro atoms. The summed E-state index contributed by atoms with van der Waals surface area (Å²) in [6.45, 7) is 1.11. The maximum Gasteiger partial charge on any atom is 0.262 e. The van der Waals surface area contributed by atoms with Crippen LogP contribution in [0.3, 0.4) is 0 Å². The molecule has 3 N–H and O–H groups in total. The number of para-hydroxylation sites is 1. The lowest BCUT2D eigenvalue weighted by Crippen LogP contribution is -2.26. The quantitative estimate of drug-likeness (QED) is 0.278. The van der Waals surface area contributed by atoms with Crippen LogP contribution in [0.25, 0.3) is 17.0 Å². The first-order valence-corrected chi connectivity index (χ1v) is 9.43. The highest BCUT2D eigenvalue weighted by molar-refractivity contribution is 6.01. The summed E-state index contributed by atoms with van der Waals surface area (Å²) in [5.74, 6) is 0.688. The molecule has 1 aromatic carbocycles. The monoisotopic (exact) mass is 393 g/mol. The van der Waals surface area contributed by atoms with Gasteiger partial charge in [-0.05, 0) is 30.2 Å². The molecule has 2 aromatic heterocycles. The molecule has 3 aromatic rings. The van der Waals surface area contributed by atoms with Crippen molar-refractivity contribution in [2.45, 2.75) is 12.8 Å². The van der Waals surface area contributed by atoms with E-state index in [-0.39, 0.29) is 18.8 Å². The molecule has 0 aliphatic rings. The van der Waals surface area contributed by atoms with Crippen molar-refractivity contribution in [3.8, 4) is 6.07 Å². The van der Waals surface area contributed by atoms with Crippen LogP contribution < -0.4 is 5.32 Å². The highest BCUT2D eigenvalue weighted by Crippen LogP contribution is 2.18. The lowest BCUT2D eigenvalue weighted by Gasteiger charge is -2.04. The minimum Gasteiger partial charge on any atom is -0.462 e. The minimum atomic E-state index is -0.434. The number of amides is 1. The van der Waals surface area contributed by atoms with Crippen LogP contribution in [0.1, 0.15) is 17.1 Å². The first-order chi connectivity index (χ1) is 14.2. The van der Waals surface area contributed by atoms with Crippen molar-refractivity contribution in [2.75, 3.05) is 26.4 Å². The van der Waals surface area contributed by atoms with Gasteiger partial charge in [-0.3, -0.25) is 4.79 Å². The molecule has 29 heavy (non-hydrogen) atoms. The van der Waals surface area contributed by atoms with Crippen LogP contribution in [-0.4, -0.2) is 42.4 Å². The Balaban J connectivity index is 1.53. The summed E-state index contributed by atoms with van der Waals surface area (Å²) in [6, 6.07) is 13.4. The van der Waals surface area contributed by atoms with Crippen LogP contribution in [0, 0.1) is 11.3 Å². The second-order valence-corrected chi connectivity index (χ2v) is 6.43. The number of nitrogens with one attached hydrogen (secondary N) is 2. The second-order valence-electron chi connectivity index (χ2n) is 6.43. The standard InChI is InChI=1S/C22H23N3O4/c23-14-17(13-19-6-5-18(29-19)8-11-28-12-10-26)22(27)24-9-7-16-15-25-21-4-2-1-3-20(16)21/h1-6,13,15,25-26H,7-12H2,(H,24,27)/b17-13+. The van der Waals surface area contributed by atoms with Gasteiger partial charge in [0.1, 0.15) is 23.2 Å². The van der Waals surface area contributed by atoms with Crippen LogP contribution in [-0.2, 0) is 22.4 Å². The SMILES string of the molecule is N#C/C(=C\c1ccc(CCOCCO)o1)C(=O)NCCc1c[nH]c2ccccc12. The maximum absolute atomic E-state index is 12.3. The molecule has 0 aliphatic carbocycles. The number of nitrogens with zero attached hydrogens (tertiary/aromatic N) is 1. The Morgan fingerprint density at radius 1 is 1.24 bits per heavy atom. The topological polar surface area (TPSA) is 111 Å². The lowest BCUT2D eigenvalue weighted by atomic mass is 10.1. The first-order valence-electron chi connectivity index (χ1n) is 9.43. The number of hydrogen-bond acceptors (Lipinski definition) is 5. The zero-order valence-corrected chi connectivity index (χ0v) is 16.0. The Labute approximate surface area is 168 Å². The number of rotatable bonds is 10. The molecule has 0 aliphatic heterocycles. The van der Waals surface area contributed by atoms with Crippen molar-refractivity contribution in [3.63, 3.8) is 0 Å². The van der Waals surface area contributed by atoms with Gasteiger partial charge in [0.25, 0.3) is 5.91 Å². The van der Waals surface area contributed by atoms with Crippen molar-refractivity contribution in [1.82, 2.24) is 10.3 Å². The van der Waals surface area contributed by atoms with Crippen molar-refractivity contribution in [1.29, 1.82) is 5.26 Å². The third-order valence-corrected chi connectivity index (χ3v) is 4.42. The summed E-state index contributed by atoms with van der Waals surface area (Å²) in [6.07, 6.45) is 4.57. The Morgan fingerprint density at radius 2 is 2.10 bits per heavy atom. The van der Waals surface area contributed by atoms with E-state index in [0.29, 0.717) is 37.5 Å². The van der Waals surface area contributed by atoms with Gasteiger partial charge < -0.3 is 24.6 Å². The van der Waals surface area contributed by atoms with Gasteiger partial charge in [0.2, 0.25) is 0 Å². The number of benzene rings is 1. The zero-order chi connectivity index (χ0) is 20.5. The lowest BCUT2D eigenvalue weighted by molar-refractivity contribution is -0.117. The summed E-state index contributed by atoms with van der Waals surface area (Å²) in [5, 5.41) is 21.9. The number of aromatic amines is 1. The van der Waals surface area contributed by atoms with E-state index in [1.165, 1.54) is 6.08 Å². The average Bonchev–Trinajstić information content (AvgIpc) is 3.36. The van der Waals surface area contributed by atoms with Crippen molar-refractivity contribution >= 4 is 22.9 Å². The van der Waals surface area contributed by atoms with Gasteiger partial charge in [-0.1, -0.05) is 18.2 Å². The fourth-order valence-corrected chi connectivity index (χ4v) is 2.98. The number of carbonyl (C=O) groups excluding carboxylic acids is 1. The second kappa shape index (κ2) is 10.3. The molecular weight excluding hydrogens is 370 g/mol. The fraction of sp³-hybridized carbons (Fsp3) is 0.273. The summed E-state index contributed by atoms with van der Waals surface area (Å²) in [5.41, 5.74) is 2.16. The highest BCUT2D eigenvalue weighted by atomic mass is 16.5. The van der Waals surface area contributed by atoms with Crippen molar-refractivity contribution in [3.05, 3.63) is 65.3 Å². The Hall–Kier alpha value is -3.34. The van der Waals surface area contributed by atoms with Crippen LogP contribution in [0.15, 0.2) is 52.6 Å². The van der Waals surface area contributed by atoms with Crippen LogP contribution in [0.4, 0.5) is 0 Å². The molecule has 0 atom stereocenters. The normalized spacial score (nSPS) is 11.5. The molecule has 0 saturated heterocycles. The Morgan fingerprint density at radius 3 is 2.93 bits per heavy atom. The van der Waals surface area contributed by atoms with E-state index in [4.69, 9.17) is 14.3 Å². The third kappa shape index (κ3) is 5.57. The summed E-state index contributed by atoms with van der Waals surface area (Å²) >= 11 is 0. The zero-order valence-electron chi connectivity index (χ0n) is 16.0. The van der Waals surface area contributed by atoms with Crippen LogP contribution in [0.5, 0.6) is 0 Å². The predicted molar refractivity (Wildman–Crippen MR) is 109 cm³/mol. The molecule has 0 radical (unpaired) electrons. The fourth-order valence-electron chi connectivity index (χ4n) is 2.98. The maximum atomic E-state index is 12.3. The summed E-state index contributed by atoms with van der Waals surface area (Å²) < 4.78 is 10.8. The summed E-state index contributed by atoms with van der Waals surface area (Å²) in [7, 11) is 0. The minimum absolute atomic E-state index is 0.0126. The van der Waals surface area contributed by atoms with Gasteiger partial charge in [0.15, 0.2) is 0 Å². The van der Waals surface area contributed by atoms with E-state index in [0.717, 1.165) is 16.5 Å². The Kier molecular flexibility index (Phi) is 7.22. The molecule has 150 valence electrons. The van der Waals surface area contributed by atoms with Gasteiger partial charge in [-0.15, -0.1) is 0 Å². The molecule has 1 amide bonds. The number of H-pyrrole nitrogens is 1. The van der Waals surface area contributed by atoms with E-state index in [2.05, 4.69) is 10.3 Å². The molecule has 7 heteroatoms. The number of aliphatic hydroxyl groups excluding tert-OH is 1. The van der Waals surface area contributed by atoms with Gasteiger partial charge in [0, 0.05) is 36.1 Å². The number of ether oxygens (including phenoxy) is 1. The van der Waals surface area contributed by atoms with E-state index in [1.807, 2.05) is 36.5 Å². The van der Waals surface area contributed by atoms with E-state index in [9.17, 15) is 10.1 Å². The van der Waals surface area contributed by atoms with E-state index >= 15 is 0 Å². The highest BCUT2D eigenvalue weighted by Gasteiger charge is 2.11. The summed E-state index contributed by atoms with van der Waals surface area (Å²) in [4.78, 5) is 15.5. The number of nitriles is 1. The van der Waals surface area contributed by atoms with Crippen molar-refractivity contribution in [2.24, 2.45) is 0 Å². The third-order valence-electron chi connectivity index (χ3n) is 4.42. The van der Waals surface area contributed by atoms with Gasteiger partial charge in [-0.2, -0.15) is 5.26 Å². The molecule has 0 unspecified atom stereocenters. The molecule has 0 fully saturated rings. The molecule has 0 bridgehead atoms. The number of fused-ring (bicyclic) bond motifs is 1. The molecular formula is C22H23N3O4. The number of aromatic nitrogens is 1. The number of carbonyl (C=O) groups is 1. The predicted octanol–water partition coefficient (Wildman–Crippen LogP) is 2.58. The number of aliphatic hydroxyl groups is 1. The van der Waals surface area contributed by atoms with Gasteiger partial charge in [0.05, 0.1) is 19.8 Å². The van der Waals surface area contributed by atoms with E-state index < -0.39 is 5.91 Å². The van der Waals surface area contributed by atoms with Crippen molar-refractivity contribution < 1.29 is 19.1 Å². The smallest absolute Gasteiger partial charge is 0.262 e. The molecule has 7 nitrogen and oxygen atoms in total. The molecule has 0 saturated carbocycles. The Bertz CT molecular complexity index is 1030. The first kappa shape index (κ1) is 20.4. The van der Waals surface area contributed by atoms with Gasteiger partial charge >= 0.3 is 0 Å². The average molecular weight is 393 g/mol. The van der Waals surface area contributed by atoms with Crippen LogP contribution >= 0.6 is 0 Å². The van der Waals surface area contributed by atoms with Crippen LogP contribution in [0.2, 0.25) is 0 Å². The van der Waals surface area contributed by atoms with Gasteiger partial charge in [-0.25, -0.2) is 0 Å². The largest absolute Gasteiger partial charge is 0.462 e. The molecule has 2 heterocycles. The number of furan rings is 1. The number of hydrogen-bond donors (Lipinski definition) is 3. The van der Waals surface area contributed by atoms with E-state index in [1.54, 1.807) is 12.1 Å². The molecule has 3 rings (SSSR count).